The lowest BCUT2D eigenvalue weighted by atomic mass is 10.1. The molecule has 32 heavy (non-hydrogen) atoms. The predicted molar refractivity (Wildman–Crippen MR) is 91.6 cm³/mol. The van der Waals surface area contributed by atoms with Gasteiger partial charge in [0, 0.05) is 24.9 Å². The van der Waals surface area contributed by atoms with E-state index in [0.29, 0.717) is 19.4 Å². The number of rotatable bonds is 4. The number of aliphatic carboxylic acids is 2. The van der Waals surface area contributed by atoms with E-state index < -0.39 is 42.3 Å². The van der Waals surface area contributed by atoms with Gasteiger partial charge >= 0.3 is 24.3 Å². The van der Waals surface area contributed by atoms with Crippen LogP contribution in [0.5, 0.6) is 0 Å². The van der Waals surface area contributed by atoms with E-state index >= 15 is 0 Å². The first-order chi connectivity index (χ1) is 14.5. The van der Waals surface area contributed by atoms with Crippen LogP contribution in [0.2, 0.25) is 0 Å². The Morgan fingerprint density at radius 2 is 1.59 bits per heavy atom. The van der Waals surface area contributed by atoms with Crippen LogP contribution in [-0.4, -0.2) is 79.8 Å². The van der Waals surface area contributed by atoms with Crippen molar-refractivity contribution in [3.8, 4) is 0 Å². The zero-order valence-corrected chi connectivity index (χ0v) is 16.0. The number of nitrogens with zero attached hydrogens (tertiary/aromatic N) is 2. The molecule has 0 radical (unpaired) electrons. The van der Waals surface area contributed by atoms with Crippen molar-refractivity contribution in [2.45, 2.75) is 43.7 Å². The summed E-state index contributed by atoms with van der Waals surface area (Å²) < 4.78 is 63.5. The van der Waals surface area contributed by atoms with E-state index in [1.807, 2.05) is 0 Å². The summed E-state index contributed by atoms with van der Waals surface area (Å²) in [4.78, 5) is 49.4. The average Bonchev–Trinajstić information content (AvgIpc) is 3.32. The number of nitrogens with one attached hydrogen (secondary N) is 1. The molecule has 7 N–H and O–H groups in total. The second-order valence-corrected chi connectivity index (χ2v) is 6.09. The molecule has 1 aromatic rings. The number of amides is 2. The maximum atomic E-state index is 12.1. The van der Waals surface area contributed by atoms with Crippen LogP contribution in [-0.2, 0) is 25.6 Å². The number of H-pyrrole nitrogens is 1. The normalized spacial score (nSPS) is 16.7. The second kappa shape index (κ2) is 11.9. The smallest absolute Gasteiger partial charge is 0.475 e. The van der Waals surface area contributed by atoms with Gasteiger partial charge in [-0.3, -0.25) is 9.59 Å². The fourth-order valence-corrected chi connectivity index (χ4v) is 2.26. The molecule has 1 aliphatic heterocycles. The number of alkyl halides is 6. The Bertz CT molecular complexity index is 759. The third-order valence-corrected chi connectivity index (χ3v) is 3.66. The molecule has 2 amide bonds. The summed E-state index contributed by atoms with van der Waals surface area (Å²) in [6.07, 6.45) is -5.22. The SMILES string of the molecule is NC(=O)[C@@H]1CCCN1C(=O)[C@@H](N)Cc1cnc[nH]1.O=C(O)C(F)(F)F.O=C(O)C(F)(F)F. The minimum Gasteiger partial charge on any atom is -0.475 e. The van der Waals surface area contributed by atoms with Gasteiger partial charge in [-0.15, -0.1) is 0 Å². The molecule has 0 bridgehead atoms. The van der Waals surface area contributed by atoms with Gasteiger partial charge in [0.2, 0.25) is 11.8 Å². The molecular weight excluding hydrogens is 460 g/mol. The number of carboxylic acids is 2. The Labute approximate surface area is 175 Å². The second-order valence-electron chi connectivity index (χ2n) is 6.09. The number of aromatic nitrogens is 2. The maximum absolute atomic E-state index is 12.1. The number of primary amides is 1. The number of nitrogens with two attached hydrogens (primary N) is 2. The van der Waals surface area contributed by atoms with Crippen molar-refractivity contribution in [1.29, 1.82) is 0 Å². The number of likely N-dealkylation sites (tertiary alicyclic amines) is 1. The molecule has 11 nitrogen and oxygen atoms in total. The molecule has 2 rings (SSSR count). The lowest BCUT2D eigenvalue weighted by molar-refractivity contribution is -0.193. The molecule has 1 fully saturated rings. The van der Waals surface area contributed by atoms with Gasteiger partial charge in [0.25, 0.3) is 0 Å². The van der Waals surface area contributed by atoms with Crippen molar-refractivity contribution in [2.75, 3.05) is 6.54 Å². The molecular formula is C15H19F6N5O6. The molecule has 0 saturated carbocycles. The molecule has 0 unspecified atom stereocenters. The Morgan fingerprint density at radius 3 is 1.94 bits per heavy atom. The molecule has 0 aliphatic carbocycles. The van der Waals surface area contributed by atoms with Crippen molar-refractivity contribution in [1.82, 2.24) is 14.9 Å². The summed E-state index contributed by atoms with van der Waals surface area (Å²) >= 11 is 0. The van der Waals surface area contributed by atoms with E-state index in [1.54, 1.807) is 6.20 Å². The van der Waals surface area contributed by atoms with Crippen LogP contribution < -0.4 is 11.5 Å². The summed E-state index contributed by atoms with van der Waals surface area (Å²) in [6.45, 7) is 0.545. The Balaban J connectivity index is 0.000000570. The van der Waals surface area contributed by atoms with Gasteiger partial charge in [0.15, 0.2) is 0 Å². The van der Waals surface area contributed by atoms with Gasteiger partial charge in [-0.1, -0.05) is 0 Å². The quantitative estimate of drug-likeness (QED) is 0.373. The van der Waals surface area contributed by atoms with Crippen LogP contribution in [0.25, 0.3) is 0 Å². The fourth-order valence-electron chi connectivity index (χ4n) is 2.26. The molecule has 1 aromatic heterocycles. The largest absolute Gasteiger partial charge is 0.490 e. The first-order valence-corrected chi connectivity index (χ1v) is 8.41. The van der Waals surface area contributed by atoms with E-state index in [4.69, 9.17) is 31.3 Å². The van der Waals surface area contributed by atoms with Gasteiger partial charge in [-0.05, 0) is 12.8 Å². The molecule has 1 aliphatic rings. The van der Waals surface area contributed by atoms with E-state index in [9.17, 15) is 35.9 Å². The lowest BCUT2D eigenvalue weighted by Crippen LogP contribution is -2.50. The molecule has 2 heterocycles. The van der Waals surface area contributed by atoms with Crippen LogP contribution in [0.1, 0.15) is 18.5 Å². The topological polar surface area (TPSA) is 193 Å². The first kappa shape index (κ1) is 28.6. The fraction of sp³-hybridized carbons (Fsp3) is 0.533. The van der Waals surface area contributed by atoms with Crippen molar-refractivity contribution >= 4 is 23.8 Å². The van der Waals surface area contributed by atoms with Gasteiger partial charge < -0.3 is 31.6 Å². The molecule has 0 aromatic carbocycles. The zero-order valence-electron chi connectivity index (χ0n) is 16.0. The van der Waals surface area contributed by atoms with Gasteiger partial charge in [-0.2, -0.15) is 26.3 Å². The highest BCUT2D eigenvalue weighted by Gasteiger charge is 2.39. The molecule has 2 atom stereocenters. The summed E-state index contributed by atoms with van der Waals surface area (Å²) in [5.41, 5.74) is 11.9. The molecule has 1 saturated heterocycles. The summed E-state index contributed by atoms with van der Waals surface area (Å²) in [5, 5.41) is 14.2. The zero-order chi connectivity index (χ0) is 25.3. The van der Waals surface area contributed by atoms with E-state index in [2.05, 4.69) is 9.97 Å². The molecule has 0 spiro atoms. The van der Waals surface area contributed by atoms with Crippen molar-refractivity contribution in [3.63, 3.8) is 0 Å². The maximum Gasteiger partial charge on any atom is 0.490 e. The summed E-state index contributed by atoms with van der Waals surface area (Å²) in [5.74, 6) is -6.21. The van der Waals surface area contributed by atoms with Crippen LogP contribution >= 0.6 is 0 Å². The highest BCUT2D eigenvalue weighted by Crippen LogP contribution is 2.18. The number of hydrogen-bond acceptors (Lipinski definition) is 6. The third-order valence-electron chi connectivity index (χ3n) is 3.66. The van der Waals surface area contributed by atoms with E-state index in [1.165, 1.54) is 11.2 Å². The van der Waals surface area contributed by atoms with E-state index in [-0.39, 0.29) is 5.91 Å². The van der Waals surface area contributed by atoms with Crippen molar-refractivity contribution in [3.05, 3.63) is 18.2 Å². The standard InChI is InChI=1S/C11H17N5O2.2C2HF3O2/c12-8(4-7-5-14-6-15-7)11(18)16-3-1-2-9(16)10(13)17;2*3-2(4,5)1(6)7/h5-6,8-9H,1-4,12H2,(H2,13,17)(H,14,15);2*(H,6,7)/t8-,9-;;/m0../s1. The Kier molecular flexibility index (Phi) is 10.6. The third kappa shape index (κ3) is 10.1. The summed E-state index contributed by atoms with van der Waals surface area (Å²) in [7, 11) is 0. The van der Waals surface area contributed by atoms with Crippen LogP contribution in [0, 0.1) is 0 Å². The predicted octanol–water partition coefficient (Wildman–Crippen LogP) is 0.0224. The number of halogens is 6. The number of aromatic amines is 1. The number of imidazole rings is 1. The van der Waals surface area contributed by atoms with Crippen molar-refractivity contribution in [2.24, 2.45) is 11.5 Å². The van der Waals surface area contributed by atoms with Crippen LogP contribution in [0.15, 0.2) is 12.5 Å². The summed E-state index contributed by atoms with van der Waals surface area (Å²) in [6, 6.07) is -1.18. The van der Waals surface area contributed by atoms with Gasteiger partial charge in [-0.25, -0.2) is 14.6 Å². The number of hydrogen-bond donors (Lipinski definition) is 5. The highest BCUT2D eigenvalue weighted by atomic mass is 19.4. The lowest BCUT2D eigenvalue weighted by Gasteiger charge is -2.25. The monoisotopic (exact) mass is 479 g/mol. The van der Waals surface area contributed by atoms with Crippen LogP contribution in [0.3, 0.4) is 0 Å². The van der Waals surface area contributed by atoms with E-state index in [0.717, 1.165) is 12.1 Å². The number of carbonyl (C=O) groups is 4. The average molecular weight is 479 g/mol. The number of carboxylic acid groups (broad SMARTS) is 2. The molecule has 17 heteroatoms. The van der Waals surface area contributed by atoms with Gasteiger partial charge in [0.1, 0.15) is 6.04 Å². The number of carbonyl (C=O) groups excluding carboxylic acids is 2. The first-order valence-electron chi connectivity index (χ1n) is 8.41. The Morgan fingerprint density at radius 1 is 1.12 bits per heavy atom. The minimum absolute atomic E-state index is 0.231. The van der Waals surface area contributed by atoms with Crippen LogP contribution in [0.4, 0.5) is 26.3 Å². The molecule has 182 valence electrons. The van der Waals surface area contributed by atoms with Gasteiger partial charge in [0.05, 0.1) is 12.4 Å². The highest BCUT2D eigenvalue weighted by molar-refractivity contribution is 5.89. The Hall–Kier alpha value is -3.37. The van der Waals surface area contributed by atoms with Crippen molar-refractivity contribution < 1.29 is 55.7 Å². The minimum atomic E-state index is -5.08.